The molecule has 0 radical (unpaired) electrons. The zero-order valence-corrected chi connectivity index (χ0v) is 19.2. The van der Waals surface area contributed by atoms with Crippen LogP contribution in [-0.4, -0.2) is 15.0 Å². The molecule has 5 aromatic rings. The zero-order valence-electron chi connectivity index (χ0n) is 19.2. The lowest BCUT2D eigenvalue weighted by Crippen LogP contribution is -2.39. The van der Waals surface area contributed by atoms with Gasteiger partial charge in [0.1, 0.15) is 11.6 Å². The summed E-state index contributed by atoms with van der Waals surface area (Å²) >= 11 is 0. The Morgan fingerprint density at radius 2 is 1.69 bits per heavy atom. The minimum atomic E-state index is -0.535. The van der Waals surface area contributed by atoms with E-state index < -0.39 is 17.1 Å². The first-order valence-corrected chi connectivity index (χ1v) is 11.4. The maximum Gasteiger partial charge on any atom is 0.336 e. The highest BCUT2D eigenvalue weighted by Gasteiger charge is 2.15. The molecule has 2 heterocycles. The van der Waals surface area contributed by atoms with Gasteiger partial charge in [0.15, 0.2) is 0 Å². The van der Waals surface area contributed by atoms with Crippen molar-refractivity contribution in [2.24, 2.45) is 0 Å². The van der Waals surface area contributed by atoms with E-state index in [2.05, 4.69) is 5.32 Å². The summed E-state index contributed by atoms with van der Waals surface area (Å²) in [6, 6.07) is 23.1. The van der Waals surface area contributed by atoms with Crippen LogP contribution in [0.5, 0.6) is 0 Å². The summed E-state index contributed by atoms with van der Waals surface area (Å²) in [7, 11) is 0. The van der Waals surface area contributed by atoms with E-state index in [4.69, 9.17) is 4.42 Å². The number of para-hydroxylation sites is 1. The third kappa shape index (κ3) is 4.74. The van der Waals surface area contributed by atoms with Crippen molar-refractivity contribution in [1.29, 1.82) is 0 Å². The molecule has 2 aromatic heterocycles. The number of rotatable bonds is 7. The number of hydrogen-bond donors (Lipinski definition) is 1. The number of nitrogens with one attached hydrogen (secondary N) is 1. The van der Waals surface area contributed by atoms with E-state index in [1.165, 1.54) is 16.7 Å². The van der Waals surface area contributed by atoms with Gasteiger partial charge in [-0.3, -0.25) is 14.2 Å². The average Bonchev–Trinajstić information content (AvgIpc) is 3.40. The molecule has 1 N–H and O–H groups in total. The van der Waals surface area contributed by atoms with Gasteiger partial charge in [-0.05, 0) is 59.7 Å². The number of furan rings is 1. The molecule has 5 rings (SSSR count). The van der Waals surface area contributed by atoms with Gasteiger partial charge in [0, 0.05) is 0 Å². The van der Waals surface area contributed by atoms with Crippen LogP contribution < -0.4 is 16.6 Å². The highest BCUT2D eigenvalue weighted by molar-refractivity contribution is 5.79. The summed E-state index contributed by atoms with van der Waals surface area (Å²) < 4.78 is 21.5. The standard InChI is InChI=1S/C28H22FN3O4/c29-21-6-3-5-20(15-21)18-31-25-9-2-1-8-24(25)27(34)32(28(31)35)22-12-10-19(11-13-22)16-26(33)30-17-23-7-4-14-36-23/h1-15H,16-18H2,(H,30,33). The van der Waals surface area contributed by atoms with Crippen LogP contribution in [0.3, 0.4) is 0 Å². The number of aromatic nitrogens is 2. The lowest BCUT2D eigenvalue weighted by atomic mass is 10.1. The molecule has 0 aliphatic carbocycles. The largest absolute Gasteiger partial charge is 0.467 e. The van der Waals surface area contributed by atoms with E-state index in [0.29, 0.717) is 34.5 Å². The second-order valence-corrected chi connectivity index (χ2v) is 8.36. The maximum absolute atomic E-state index is 13.8. The lowest BCUT2D eigenvalue weighted by molar-refractivity contribution is -0.120. The van der Waals surface area contributed by atoms with Crippen LogP contribution in [0.1, 0.15) is 16.9 Å². The number of hydrogen-bond acceptors (Lipinski definition) is 4. The highest BCUT2D eigenvalue weighted by Crippen LogP contribution is 2.14. The van der Waals surface area contributed by atoms with Crippen molar-refractivity contribution >= 4 is 16.8 Å². The van der Waals surface area contributed by atoms with Gasteiger partial charge in [0.05, 0.1) is 42.4 Å². The molecule has 1 amide bonds. The van der Waals surface area contributed by atoms with E-state index in [0.717, 1.165) is 10.1 Å². The Bertz CT molecular complexity index is 1650. The van der Waals surface area contributed by atoms with Crippen LogP contribution in [0, 0.1) is 5.82 Å². The smallest absolute Gasteiger partial charge is 0.336 e. The monoisotopic (exact) mass is 483 g/mol. The molecular weight excluding hydrogens is 461 g/mol. The summed E-state index contributed by atoms with van der Waals surface area (Å²) in [4.78, 5) is 39.1. The Kier molecular flexibility index (Phi) is 6.32. The van der Waals surface area contributed by atoms with Crippen molar-refractivity contribution in [3.05, 3.63) is 135 Å². The third-order valence-corrected chi connectivity index (χ3v) is 5.88. The van der Waals surface area contributed by atoms with Crippen LogP contribution >= 0.6 is 0 Å². The van der Waals surface area contributed by atoms with Crippen LogP contribution in [0.15, 0.2) is 105 Å². The number of benzene rings is 3. The molecule has 0 saturated heterocycles. The first kappa shape index (κ1) is 23.0. The molecule has 0 saturated carbocycles. The molecule has 0 aliphatic rings. The van der Waals surface area contributed by atoms with Gasteiger partial charge < -0.3 is 9.73 Å². The first-order valence-electron chi connectivity index (χ1n) is 11.4. The van der Waals surface area contributed by atoms with E-state index in [9.17, 15) is 18.8 Å². The number of carbonyl (C=O) groups excluding carboxylic acids is 1. The summed E-state index contributed by atoms with van der Waals surface area (Å²) in [5, 5.41) is 3.16. The number of fused-ring (bicyclic) bond motifs is 1. The Hall–Kier alpha value is -4.72. The van der Waals surface area contributed by atoms with Gasteiger partial charge in [-0.2, -0.15) is 0 Å². The predicted octanol–water partition coefficient (Wildman–Crippen LogP) is 3.79. The molecule has 0 fully saturated rings. The number of carbonyl (C=O) groups is 1. The molecule has 7 nitrogen and oxygen atoms in total. The highest BCUT2D eigenvalue weighted by atomic mass is 19.1. The average molecular weight is 483 g/mol. The Morgan fingerprint density at radius 1 is 0.889 bits per heavy atom. The van der Waals surface area contributed by atoms with E-state index in [-0.39, 0.29) is 18.9 Å². The Labute approximate surface area is 205 Å². The third-order valence-electron chi connectivity index (χ3n) is 5.88. The molecule has 0 spiro atoms. The van der Waals surface area contributed by atoms with Gasteiger partial charge >= 0.3 is 5.69 Å². The topological polar surface area (TPSA) is 86.2 Å². The molecule has 0 bridgehead atoms. The SMILES string of the molecule is O=C(Cc1ccc(-n2c(=O)c3ccccc3n(Cc3cccc(F)c3)c2=O)cc1)NCc1ccco1. The molecule has 3 aromatic carbocycles. The molecule has 0 aliphatic heterocycles. The summed E-state index contributed by atoms with van der Waals surface area (Å²) in [5.41, 5.74) is 1.19. The minimum Gasteiger partial charge on any atom is -0.467 e. The molecule has 180 valence electrons. The summed E-state index contributed by atoms with van der Waals surface area (Å²) in [6.07, 6.45) is 1.68. The van der Waals surface area contributed by atoms with E-state index >= 15 is 0 Å². The van der Waals surface area contributed by atoms with Gasteiger partial charge in [0.25, 0.3) is 5.56 Å². The van der Waals surface area contributed by atoms with Crippen molar-refractivity contribution < 1.29 is 13.6 Å². The quantitative estimate of drug-likeness (QED) is 0.382. The minimum absolute atomic E-state index is 0.102. The first-order chi connectivity index (χ1) is 17.5. The van der Waals surface area contributed by atoms with Crippen molar-refractivity contribution in [3.63, 3.8) is 0 Å². The second-order valence-electron chi connectivity index (χ2n) is 8.36. The molecule has 8 heteroatoms. The Morgan fingerprint density at radius 3 is 2.44 bits per heavy atom. The number of halogens is 1. The fourth-order valence-electron chi connectivity index (χ4n) is 4.13. The van der Waals surface area contributed by atoms with Gasteiger partial charge in [0.2, 0.25) is 5.91 Å². The number of nitrogens with zero attached hydrogens (tertiary/aromatic N) is 2. The lowest BCUT2D eigenvalue weighted by Gasteiger charge is -2.15. The summed E-state index contributed by atoms with van der Waals surface area (Å²) in [5.74, 6) is 0.0744. The molecule has 36 heavy (non-hydrogen) atoms. The molecule has 0 atom stereocenters. The zero-order chi connectivity index (χ0) is 25.1. The van der Waals surface area contributed by atoms with E-state index in [1.807, 2.05) is 0 Å². The normalized spacial score (nSPS) is 11.0. The van der Waals surface area contributed by atoms with Gasteiger partial charge in [-0.15, -0.1) is 0 Å². The van der Waals surface area contributed by atoms with Gasteiger partial charge in [-0.1, -0.05) is 36.4 Å². The second kappa shape index (κ2) is 9.87. The van der Waals surface area contributed by atoms with Crippen molar-refractivity contribution in [1.82, 2.24) is 14.5 Å². The summed E-state index contributed by atoms with van der Waals surface area (Å²) in [6.45, 7) is 0.395. The van der Waals surface area contributed by atoms with Crippen LogP contribution in [-0.2, 0) is 24.3 Å². The fraction of sp³-hybridized carbons (Fsp3) is 0.107. The van der Waals surface area contributed by atoms with Crippen LogP contribution in [0.4, 0.5) is 4.39 Å². The van der Waals surface area contributed by atoms with Gasteiger partial charge in [-0.25, -0.2) is 13.8 Å². The van der Waals surface area contributed by atoms with Crippen molar-refractivity contribution in [3.8, 4) is 5.69 Å². The van der Waals surface area contributed by atoms with Crippen molar-refractivity contribution in [2.75, 3.05) is 0 Å². The van der Waals surface area contributed by atoms with Crippen LogP contribution in [0.2, 0.25) is 0 Å². The fourth-order valence-corrected chi connectivity index (χ4v) is 4.13. The van der Waals surface area contributed by atoms with Crippen LogP contribution in [0.25, 0.3) is 16.6 Å². The van der Waals surface area contributed by atoms with E-state index in [1.54, 1.807) is 79.1 Å². The maximum atomic E-state index is 13.8. The predicted molar refractivity (Wildman–Crippen MR) is 134 cm³/mol. The van der Waals surface area contributed by atoms with Crippen molar-refractivity contribution in [2.45, 2.75) is 19.5 Å². The molecular formula is C28H22FN3O4. The molecule has 0 unspecified atom stereocenters. The number of amides is 1. The Balaban J connectivity index is 1.46.